The molecule has 0 bridgehead atoms. The zero-order chi connectivity index (χ0) is 10.5. The summed E-state index contributed by atoms with van der Waals surface area (Å²) >= 11 is 4.21. The summed E-state index contributed by atoms with van der Waals surface area (Å²) < 4.78 is 0. The van der Waals surface area contributed by atoms with E-state index in [1.165, 1.54) is 23.8 Å². The molecule has 1 nitrogen and oxygen atoms in total. The minimum absolute atomic E-state index is 0.973. The topological polar surface area (TPSA) is 12.9 Å². The van der Waals surface area contributed by atoms with Crippen LogP contribution in [0.1, 0.15) is 18.4 Å². The van der Waals surface area contributed by atoms with Crippen LogP contribution in [0.3, 0.4) is 0 Å². The van der Waals surface area contributed by atoms with E-state index in [0.717, 1.165) is 17.7 Å². The Balaban J connectivity index is 2.16. The highest BCUT2D eigenvalue weighted by Gasteiger charge is 1.97. The van der Waals surface area contributed by atoms with Gasteiger partial charge in [-0.1, -0.05) is 18.2 Å². The van der Waals surface area contributed by atoms with Crippen molar-refractivity contribution in [1.29, 1.82) is 0 Å². The Labute approximate surface area is 95.9 Å². The molecule has 0 radical (unpaired) electrons. The largest absolute Gasteiger partial charge is 0.256 e. The first-order valence-electron chi connectivity index (χ1n) is 5.34. The molecule has 0 spiro atoms. The fourth-order valence-corrected chi connectivity index (χ4v) is 1.92. The van der Waals surface area contributed by atoms with Crippen molar-refractivity contribution in [3.63, 3.8) is 0 Å². The summed E-state index contributed by atoms with van der Waals surface area (Å²) in [6, 6.07) is 10.5. The van der Waals surface area contributed by atoms with Gasteiger partial charge in [0, 0.05) is 11.6 Å². The Morgan fingerprint density at radius 2 is 2.00 bits per heavy atom. The molecule has 0 saturated heterocycles. The molecule has 2 rings (SSSR count). The highest BCUT2D eigenvalue weighted by Crippen LogP contribution is 2.14. The summed E-state index contributed by atoms with van der Waals surface area (Å²) in [5, 5.41) is 1.24. The summed E-state index contributed by atoms with van der Waals surface area (Å²) in [6.45, 7) is 0. The van der Waals surface area contributed by atoms with E-state index in [4.69, 9.17) is 0 Å². The van der Waals surface area contributed by atoms with Crippen LogP contribution in [0.4, 0.5) is 0 Å². The van der Waals surface area contributed by atoms with Crippen LogP contribution in [0.15, 0.2) is 36.5 Å². The number of aryl methyl sites for hydroxylation is 1. The van der Waals surface area contributed by atoms with Crippen molar-refractivity contribution < 1.29 is 0 Å². The first kappa shape index (κ1) is 10.5. The van der Waals surface area contributed by atoms with Crippen LogP contribution in [0, 0.1) is 0 Å². The molecule has 2 aromatic rings. The van der Waals surface area contributed by atoms with Gasteiger partial charge < -0.3 is 0 Å². The molecule has 0 aliphatic rings. The number of fused-ring (bicyclic) bond motifs is 1. The Hall–Kier alpha value is -1.02. The maximum Gasteiger partial charge on any atom is 0.0702 e. The lowest BCUT2D eigenvalue weighted by molar-refractivity contribution is 0.802. The summed E-state index contributed by atoms with van der Waals surface area (Å²) in [6.07, 6.45) is 5.47. The average Bonchev–Trinajstić information content (AvgIpc) is 2.29. The van der Waals surface area contributed by atoms with Gasteiger partial charge in [-0.25, -0.2) is 0 Å². The normalized spacial score (nSPS) is 10.7. The molecular formula is C13H15NS. The summed E-state index contributed by atoms with van der Waals surface area (Å²) in [4.78, 5) is 4.44. The molecule has 1 aromatic heterocycles. The zero-order valence-electron chi connectivity index (χ0n) is 8.69. The van der Waals surface area contributed by atoms with Gasteiger partial charge in [-0.15, -0.1) is 0 Å². The standard InChI is InChI=1S/C13H15NS/c15-8-4-3-5-11-9-12-6-1-2-7-13(12)14-10-11/h1-2,6-7,9-10,15H,3-5,8H2. The van der Waals surface area contributed by atoms with E-state index >= 15 is 0 Å². The second-order valence-electron chi connectivity index (χ2n) is 3.72. The lowest BCUT2D eigenvalue weighted by Gasteiger charge is -2.02. The number of unbranched alkanes of at least 4 members (excludes halogenated alkanes) is 1. The molecule has 0 saturated carbocycles. The molecule has 0 aliphatic heterocycles. The quantitative estimate of drug-likeness (QED) is 0.611. The molecule has 2 heteroatoms. The number of benzene rings is 1. The van der Waals surface area contributed by atoms with Crippen molar-refractivity contribution in [3.8, 4) is 0 Å². The molecule has 0 atom stereocenters. The van der Waals surface area contributed by atoms with Crippen LogP contribution < -0.4 is 0 Å². The van der Waals surface area contributed by atoms with E-state index in [1.807, 2.05) is 18.3 Å². The van der Waals surface area contributed by atoms with Crippen molar-refractivity contribution in [2.24, 2.45) is 0 Å². The predicted molar refractivity (Wildman–Crippen MR) is 68.5 cm³/mol. The van der Waals surface area contributed by atoms with Gasteiger partial charge in [0.2, 0.25) is 0 Å². The van der Waals surface area contributed by atoms with E-state index in [1.54, 1.807) is 0 Å². The fourth-order valence-electron chi connectivity index (χ4n) is 1.69. The highest BCUT2D eigenvalue weighted by atomic mass is 32.1. The lowest BCUT2D eigenvalue weighted by Crippen LogP contribution is -1.88. The highest BCUT2D eigenvalue weighted by molar-refractivity contribution is 7.80. The summed E-state index contributed by atoms with van der Waals surface area (Å²) in [5.41, 5.74) is 2.41. The zero-order valence-corrected chi connectivity index (χ0v) is 9.58. The van der Waals surface area contributed by atoms with E-state index in [0.29, 0.717) is 0 Å². The molecular weight excluding hydrogens is 202 g/mol. The molecule has 0 unspecified atom stereocenters. The van der Waals surface area contributed by atoms with Gasteiger partial charge in [0.05, 0.1) is 5.52 Å². The maximum atomic E-state index is 4.44. The van der Waals surface area contributed by atoms with Crippen LogP contribution >= 0.6 is 12.6 Å². The number of hydrogen-bond acceptors (Lipinski definition) is 2. The average molecular weight is 217 g/mol. The molecule has 1 aromatic carbocycles. The van der Waals surface area contributed by atoms with E-state index < -0.39 is 0 Å². The summed E-state index contributed by atoms with van der Waals surface area (Å²) in [7, 11) is 0. The molecule has 78 valence electrons. The van der Waals surface area contributed by atoms with Crippen LogP contribution in [-0.2, 0) is 6.42 Å². The Kier molecular flexibility index (Phi) is 3.62. The minimum atomic E-state index is 0.973. The molecule has 0 amide bonds. The van der Waals surface area contributed by atoms with Gasteiger partial charge in [-0.2, -0.15) is 12.6 Å². The minimum Gasteiger partial charge on any atom is -0.256 e. The van der Waals surface area contributed by atoms with Crippen LogP contribution in [0.5, 0.6) is 0 Å². The molecule has 15 heavy (non-hydrogen) atoms. The van der Waals surface area contributed by atoms with Crippen molar-refractivity contribution >= 4 is 23.5 Å². The Bertz CT molecular complexity index is 439. The smallest absolute Gasteiger partial charge is 0.0702 e. The fraction of sp³-hybridized carbons (Fsp3) is 0.308. The number of thiol groups is 1. The first-order valence-corrected chi connectivity index (χ1v) is 5.98. The van der Waals surface area contributed by atoms with Crippen LogP contribution in [-0.4, -0.2) is 10.7 Å². The SMILES string of the molecule is SCCCCc1cnc2ccccc2c1. The molecule has 0 aliphatic carbocycles. The van der Waals surface area contributed by atoms with Gasteiger partial charge in [-0.05, 0) is 42.7 Å². The monoisotopic (exact) mass is 217 g/mol. The third-order valence-corrected chi connectivity index (χ3v) is 2.84. The van der Waals surface area contributed by atoms with E-state index in [9.17, 15) is 0 Å². The van der Waals surface area contributed by atoms with Crippen molar-refractivity contribution in [2.45, 2.75) is 19.3 Å². The van der Waals surface area contributed by atoms with Gasteiger partial charge >= 0.3 is 0 Å². The molecule has 0 N–H and O–H groups in total. The van der Waals surface area contributed by atoms with E-state index in [2.05, 4.69) is 35.8 Å². The Morgan fingerprint density at radius 3 is 2.87 bits per heavy atom. The number of hydrogen-bond donors (Lipinski definition) is 1. The number of pyridine rings is 1. The van der Waals surface area contributed by atoms with Crippen molar-refractivity contribution in [1.82, 2.24) is 4.98 Å². The van der Waals surface area contributed by atoms with Crippen molar-refractivity contribution in [2.75, 3.05) is 5.75 Å². The predicted octanol–water partition coefficient (Wildman–Crippen LogP) is 3.49. The van der Waals surface area contributed by atoms with Crippen LogP contribution in [0.2, 0.25) is 0 Å². The molecule has 0 fully saturated rings. The van der Waals surface area contributed by atoms with Crippen LogP contribution in [0.25, 0.3) is 10.9 Å². The third kappa shape index (κ3) is 2.72. The number of aromatic nitrogens is 1. The number of para-hydroxylation sites is 1. The van der Waals surface area contributed by atoms with Gasteiger partial charge in [0.25, 0.3) is 0 Å². The number of nitrogens with zero attached hydrogens (tertiary/aromatic N) is 1. The Morgan fingerprint density at radius 1 is 1.13 bits per heavy atom. The summed E-state index contributed by atoms with van der Waals surface area (Å²) in [5.74, 6) is 0.973. The lowest BCUT2D eigenvalue weighted by atomic mass is 10.1. The second-order valence-corrected chi connectivity index (χ2v) is 4.16. The van der Waals surface area contributed by atoms with Gasteiger partial charge in [-0.3, -0.25) is 4.98 Å². The van der Waals surface area contributed by atoms with Gasteiger partial charge in [0.15, 0.2) is 0 Å². The van der Waals surface area contributed by atoms with Gasteiger partial charge in [0.1, 0.15) is 0 Å². The number of rotatable bonds is 4. The van der Waals surface area contributed by atoms with E-state index in [-0.39, 0.29) is 0 Å². The second kappa shape index (κ2) is 5.17. The maximum absolute atomic E-state index is 4.44. The third-order valence-electron chi connectivity index (χ3n) is 2.52. The molecule has 1 heterocycles. The van der Waals surface area contributed by atoms with Crippen molar-refractivity contribution in [3.05, 3.63) is 42.1 Å². The first-order chi connectivity index (χ1) is 7.40.